The molecule has 0 saturated carbocycles. The van der Waals surface area contributed by atoms with Crippen molar-refractivity contribution in [2.24, 2.45) is 0 Å². The van der Waals surface area contributed by atoms with Gasteiger partial charge in [-0.3, -0.25) is 9.59 Å². The molecule has 8 heteroatoms. The highest BCUT2D eigenvalue weighted by molar-refractivity contribution is 6.42. The first kappa shape index (κ1) is 27.4. The lowest BCUT2D eigenvalue weighted by Crippen LogP contribution is -2.45. The van der Waals surface area contributed by atoms with Crippen LogP contribution in [-0.4, -0.2) is 35.8 Å². The average Bonchev–Trinajstić information content (AvgIpc) is 2.92. The monoisotopic (exact) mass is 550 g/mol. The topological polar surface area (TPSA) is 75.7 Å². The Morgan fingerprint density at radius 2 is 1.58 bits per heavy atom. The summed E-state index contributed by atoms with van der Waals surface area (Å²) in [7, 11) is 0. The molecule has 0 saturated heterocycles. The Hall–Kier alpha value is -3.61. The lowest BCUT2D eigenvalue weighted by molar-refractivity contribution is -0.141. The molecule has 1 atom stereocenters. The van der Waals surface area contributed by atoms with E-state index in [9.17, 15) is 14.4 Å². The summed E-state index contributed by atoms with van der Waals surface area (Å²) in [5.74, 6) is -1.74. The van der Waals surface area contributed by atoms with E-state index >= 15 is 0 Å². The Bertz CT molecular complexity index is 1320. The number of hydrogen-bond donors (Lipinski definition) is 1. The fourth-order valence-corrected chi connectivity index (χ4v) is 5.00. The number of nitrogens with one attached hydrogen (secondary N) is 1. The van der Waals surface area contributed by atoms with E-state index < -0.39 is 17.9 Å². The number of ether oxygens (including phenoxy) is 1. The molecule has 196 valence electrons. The van der Waals surface area contributed by atoms with E-state index in [0.29, 0.717) is 26.9 Å². The van der Waals surface area contributed by atoms with Gasteiger partial charge in [-0.05, 0) is 42.7 Å². The lowest BCUT2D eigenvalue weighted by Gasteiger charge is -2.34. The largest absolute Gasteiger partial charge is 0.463 e. The van der Waals surface area contributed by atoms with Crippen molar-refractivity contribution in [1.82, 2.24) is 10.2 Å². The number of rotatable bonds is 8. The zero-order chi connectivity index (χ0) is 27.2. The molecule has 3 aromatic carbocycles. The number of hydrogen-bond acceptors (Lipinski definition) is 4. The summed E-state index contributed by atoms with van der Waals surface area (Å²) >= 11 is 12.3. The van der Waals surface area contributed by atoms with Crippen LogP contribution >= 0.6 is 23.2 Å². The standard InChI is InChI=1S/C30H28Cl2N2O4/c1-3-38-30(37)28-19(2)34(27(36)17-23(28)22-14-15-24(31)25(32)16-22)18-26(35)33-29(20-10-6-4-7-11-20)21-12-8-5-9-13-21/h4-16,23,29H,3,17-18H2,1-2H3,(H,33,35). The van der Waals surface area contributed by atoms with E-state index in [2.05, 4.69) is 5.32 Å². The van der Waals surface area contributed by atoms with Crippen LogP contribution < -0.4 is 5.32 Å². The first-order valence-corrected chi connectivity index (χ1v) is 13.1. The lowest BCUT2D eigenvalue weighted by atomic mass is 9.83. The first-order valence-electron chi connectivity index (χ1n) is 12.3. The van der Waals surface area contributed by atoms with Crippen LogP contribution in [0.15, 0.2) is 90.1 Å². The molecule has 0 fully saturated rings. The second-order valence-electron chi connectivity index (χ2n) is 8.95. The van der Waals surface area contributed by atoms with Crippen molar-refractivity contribution < 1.29 is 19.1 Å². The van der Waals surface area contributed by atoms with Gasteiger partial charge < -0.3 is 15.0 Å². The van der Waals surface area contributed by atoms with E-state index in [1.165, 1.54) is 4.90 Å². The van der Waals surface area contributed by atoms with E-state index in [4.69, 9.17) is 27.9 Å². The zero-order valence-corrected chi connectivity index (χ0v) is 22.6. The third-order valence-corrected chi connectivity index (χ3v) is 7.28. The summed E-state index contributed by atoms with van der Waals surface area (Å²) in [6.07, 6.45) is -0.0163. The second-order valence-corrected chi connectivity index (χ2v) is 9.77. The van der Waals surface area contributed by atoms with Gasteiger partial charge in [0.05, 0.1) is 28.3 Å². The van der Waals surface area contributed by atoms with Gasteiger partial charge in [0.25, 0.3) is 0 Å². The fraction of sp³-hybridized carbons (Fsp3) is 0.233. The molecular weight excluding hydrogens is 523 g/mol. The molecule has 2 amide bonds. The summed E-state index contributed by atoms with van der Waals surface area (Å²) in [6, 6.07) is 23.9. The second kappa shape index (κ2) is 12.3. The van der Waals surface area contributed by atoms with Gasteiger partial charge in [-0.25, -0.2) is 4.79 Å². The van der Waals surface area contributed by atoms with Crippen molar-refractivity contribution in [1.29, 1.82) is 0 Å². The third kappa shape index (κ3) is 6.09. The van der Waals surface area contributed by atoms with Crippen LogP contribution in [-0.2, 0) is 19.1 Å². The van der Waals surface area contributed by atoms with Crippen molar-refractivity contribution in [3.05, 3.63) is 117 Å². The van der Waals surface area contributed by atoms with E-state index in [-0.39, 0.29) is 31.4 Å². The Kier molecular flexibility index (Phi) is 8.87. The van der Waals surface area contributed by atoms with E-state index in [0.717, 1.165) is 11.1 Å². The molecule has 0 radical (unpaired) electrons. The van der Waals surface area contributed by atoms with E-state index in [1.54, 1.807) is 32.0 Å². The normalized spacial score (nSPS) is 15.6. The summed E-state index contributed by atoms with van der Waals surface area (Å²) in [6.45, 7) is 3.31. The number of allylic oxidation sites excluding steroid dienone is 1. The van der Waals surface area contributed by atoms with Gasteiger partial charge in [0.15, 0.2) is 0 Å². The maximum absolute atomic E-state index is 13.3. The Balaban J connectivity index is 1.64. The van der Waals surface area contributed by atoms with Gasteiger partial charge in [-0.15, -0.1) is 0 Å². The maximum Gasteiger partial charge on any atom is 0.336 e. The highest BCUT2D eigenvalue weighted by atomic mass is 35.5. The van der Waals surface area contributed by atoms with Crippen molar-refractivity contribution in [2.45, 2.75) is 32.2 Å². The number of esters is 1. The summed E-state index contributed by atoms with van der Waals surface area (Å²) in [5.41, 5.74) is 3.20. The van der Waals surface area contributed by atoms with Gasteiger partial charge in [0.2, 0.25) is 11.8 Å². The van der Waals surface area contributed by atoms with Crippen LogP contribution in [0.3, 0.4) is 0 Å². The zero-order valence-electron chi connectivity index (χ0n) is 21.1. The Morgan fingerprint density at radius 3 is 2.13 bits per heavy atom. The molecule has 1 N–H and O–H groups in total. The SMILES string of the molecule is CCOC(=O)C1=C(C)N(CC(=O)NC(c2ccccc2)c2ccccc2)C(=O)CC1c1ccc(Cl)c(Cl)c1. The number of nitrogens with zero attached hydrogens (tertiary/aromatic N) is 1. The number of benzene rings is 3. The van der Waals surface area contributed by atoms with Gasteiger partial charge in [0.1, 0.15) is 6.54 Å². The molecule has 0 aliphatic carbocycles. The quantitative estimate of drug-likeness (QED) is 0.346. The Morgan fingerprint density at radius 1 is 0.974 bits per heavy atom. The molecule has 0 bridgehead atoms. The summed E-state index contributed by atoms with van der Waals surface area (Å²) in [5, 5.41) is 3.76. The predicted octanol–water partition coefficient (Wildman–Crippen LogP) is 6.05. The molecule has 1 aliphatic rings. The van der Waals surface area contributed by atoms with Gasteiger partial charge in [-0.2, -0.15) is 0 Å². The number of carbonyl (C=O) groups is 3. The van der Waals surface area contributed by atoms with Crippen molar-refractivity contribution in [2.75, 3.05) is 13.2 Å². The third-order valence-electron chi connectivity index (χ3n) is 6.54. The van der Waals surface area contributed by atoms with Crippen molar-refractivity contribution >= 4 is 41.0 Å². The van der Waals surface area contributed by atoms with Crippen molar-refractivity contribution in [3.8, 4) is 0 Å². The Labute approximate surface area is 232 Å². The van der Waals surface area contributed by atoms with Gasteiger partial charge >= 0.3 is 5.97 Å². The smallest absolute Gasteiger partial charge is 0.336 e. The minimum Gasteiger partial charge on any atom is -0.463 e. The molecule has 3 aromatic rings. The summed E-state index contributed by atoms with van der Waals surface area (Å²) < 4.78 is 5.33. The molecule has 4 rings (SSSR count). The van der Waals surface area contributed by atoms with Gasteiger partial charge in [0, 0.05) is 18.0 Å². The van der Waals surface area contributed by atoms with Crippen molar-refractivity contribution in [3.63, 3.8) is 0 Å². The van der Waals surface area contributed by atoms with Crippen LogP contribution in [0.1, 0.15) is 48.9 Å². The molecule has 1 heterocycles. The van der Waals surface area contributed by atoms with Gasteiger partial charge in [-0.1, -0.05) is 89.9 Å². The average molecular weight is 551 g/mol. The maximum atomic E-state index is 13.3. The van der Waals surface area contributed by atoms with Crippen LogP contribution in [0.5, 0.6) is 0 Å². The number of amides is 2. The minimum atomic E-state index is -0.572. The molecule has 1 unspecified atom stereocenters. The molecule has 6 nitrogen and oxygen atoms in total. The van der Waals surface area contributed by atoms with Crippen LogP contribution in [0.25, 0.3) is 0 Å². The van der Waals surface area contributed by atoms with E-state index in [1.807, 2.05) is 60.7 Å². The minimum absolute atomic E-state index is 0.0163. The van der Waals surface area contributed by atoms with Crippen LogP contribution in [0, 0.1) is 0 Å². The number of halogens is 2. The number of carbonyl (C=O) groups excluding carboxylic acids is 3. The highest BCUT2D eigenvalue weighted by Gasteiger charge is 2.38. The first-order chi connectivity index (χ1) is 18.3. The molecule has 38 heavy (non-hydrogen) atoms. The summed E-state index contributed by atoms with van der Waals surface area (Å²) in [4.78, 5) is 41.0. The van der Waals surface area contributed by atoms with Crippen LogP contribution in [0.4, 0.5) is 0 Å². The van der Waals surface area contributed by atoms with Crippen LogP contribution in [0.2, 0.25) is 10.0 Å². The molecule has 0 aromatic heterocycles. The predicted molar refractivity (Wildman–Crippen MR) is 148 cm³/mol. The molecule has 0 spiro atoms. The molecular formula is C30H28Cl2N2O4. The fourth-order valence-electron chi connectivity index (χ4n) is 4.69. The highest BCUT2D eigenvalue weighted by Crippen LogP contribution is 2.39. The molecule has 1 aliphatic heterocycles.